The maximum Gasteiger partial charge on any atom is 0.317 e. The van der Waals surface area contributed by atoms with E-state index in [4.69, 9.17) is 0 Å². The number of carbonyl (C=O) groups excluding carboxylic acids is 2. The highest BCUT2D eigenvalue weighted by molar-refractivity contribution is 6.03. The van der Waals surface area contributed by atoms with Gasteiger partial charge in [0, 0.05) is 36.7 Å². The van der Waals surface area contributed by atoms with Crippen molar-refractivity contribution in [1.82, 2.24) is 15.1 Å². The third-order valence-corrected chi connectivity index (χ3v) is 5.73. The van der Waals surface area contributed by atoms with E-state index in [9.17, 15) is 9.59 Å². The molecule has 2 aromatic rings. The van der Waals surface area contributed by atoms with E-state index in [1.165, 1.54) is 0 Å². The second-order valence-electron chi connectivity index (χ2n) is 7.41. The van der Waals surface area contributed by atoms with E-state index in [0.29, 0.717) is 6.54 Å². The van der Waals surface area contributed by atoms with Crippen LogP contribution in [0.15, 0.2) is 42.5 Å². The molecular weight excluding hydrogens is 340 g/mol. The summed E-state index contributed by atoms with van der Waals surface area (Å²) in [6.07, 6.45) is 2.00. The molecule has 6 nitrogen and oxygen atoms in total. The summed E-state index contributed by atoms with van der Waals surface area (Å²) in [6, 6.07) is 14.0. The number of rotatable bonds is 4. The van der Waals surface area contributed by atoms with E-state index in [-0.39, 0.29) is 24.0 Å². The van der Waals surface area contributed by atoms with Gasteiger partial charge in [0.2, 0.25) is 5.91 Å². The summed E-state index contributed by atoms with van der Waals surface area (Å²) in [6.45, 7) is 5.06. The molecule has 2 N–H and O–H groups in total. The summed E-state index contributed by atoms with van der Waals surface area (Å²) in [4.78, 5) is 29.0. The van der Waals surface area contributed by atoms with Crippen molar-refractivity contribution in [3.8, 4) is 0 Å². The zero-order valence-corrected chi connectivity index (χ0v) is 15.6. The topological polar surface area (TPSA) is 64.7 Å². The number of nitrogens with zero attached hydrogens (tertiary/aromatic N) is 2. The SMILES string of the molecule is C[C@@H](C(=O)Nc1cccc2ccccc12)N1CCC[C@H](N2CCNC2=O)C1. The first-order chi connectivity index (χ1) is 13.1. The van der Waals surface area contributed by atoms with Gasteiger partial charge in [0.25, 0.3) is 0 Å². The maximum atomic E-state index is 12.9. The first-order valence-electron chi connectivity index (χ1n) is 9.70. The summed E-state index contributed by atoms with van der Waals surface area (Å²) < 4.78 is 0. The van der Waals surface area contributed by atoms with Gasteiger partial charge in [0.05, 0.1) is 6.04 Å². The number of benzene rings is 2. The standard InChI is InChI=1S/C21H26N4O2/c1-15(24-12-5-8-17(14-24)25-13-11-22-21(25)27)20(26)23-19-10-4-7-16-6-2-3-9-18(16)19/h2-4,6-7,9-10,15,17H,5,8,11-14H2,1H3,(H,22,27)(H,23,26)/t15-,17-/m0/s1. The van der Waals surface area contributed by atoms with Crippen molar-refractivity contribution in [2.75, 3.05) is 31.5 Å². The lowest BCUT2D eigenvalue weighted by molar-refractivity contribution is -0.121. The lowest BCUT2D eigenvalue weighted by atomic mass is 10.0. The minimum absolute atomic E-state index is 0.00197. The molecule has 3 amide bonds. The molecule has 0 spiro atoms. The molecule has 0 unspecified atom stereocenters. The fourth-order valence-corrected chi connectivity index (χ4v) is 4.16. The molecule has 0 bridgehead atoms. The second kappa shape index (κ2) is 7.56. The molecule has 2 aliphatic heterocycles. The van der Waals surface area contributed by atoms with Crippen molar-refractivity contribution in [2.24, 2.45) is 0 Å². The number of anilines is 1. The van der Waals surface area contributed by atoms with Gasteiger partial charge in [0.15, 0.2) is 0 Å². The average molecular weight is 366 g/mol. The predicted molar refractivity (Wildman–Crippen MR) is 107 cm³/mol. The van der Waals surface area contributed by atoms with Crippen molar-refractivity contribution in [3.05, 3.63) is 42.5 Å². The molecule has 2 atom stereocenters. The third-order valence-electron chi connectivity index (χ3n) is 5.73. The largest absolute Gasteiger partial charge is 0.336 e. The Hall–Kier alpha value is -2.60. The summed E-state index contributed by atoms with van der Waals surface area (Å²) in [5.41, 5.74) is 0.845. The number of nitrogens with one attached hydrogen (secondary N) is 2. The Balaban J connectivity index is 1.44. The first-order valence-corrected chi connectivity index (χ1v) is 9.70. The average Bonchev–Trinajstić information content (AvgIpc) is 3.13. The van der Waals surface area contributed by atoms with Crippen LogP contribution in [0.25, 0.3) is 10.8 Å². The smallest absolute Gasteiger partial charge is 0.317 e. The molecule has 2 aliphatic rings. The number of hydrogen-bond acceptors (Lipinski definition) is 3. The number of piperidine rings is 1. The van der Waals surface area contributed by atoms with Gasteiger partial charge in [-0.3, -0.25) is 9.69 Å². The highest BCUT2D eigenvalue weighted by atomic mass is 16.2. The molecule has 2 aromatic carbocycles. The molecule has 0 aliphatic carbocycles. The Bertz CT molecular complexity index is 848. The van der Waals surface area contributed by atoms with Crippen molar-refractivity contribution in [3.63, 3.8) is 0 Å². The van der Waals surface area contributed by atoms with Gasteiger partial charge in [-0.1, -0.05) is 36.4 Å². The van der Waals surface area contributed by atoms with Crippen LogP contribution in [0.5, 0.6) is 0 Å². The molecule has 2 saturated heterocycles. The predicted octanol–water partition coefficient (Wildman–Crippen LogP) is 2.66. The van der Waals surface area contributed by atoms with Crippen molar-refractivity contribution in [1.29, 1.82) is 0 Å². The minimum Gasteiger partial charge on any atom is -0.336 e. The summed E-state index contributed by atoms with van der Waals surface area (Å²) in [7, 11) is 0. The number of urea groups is 1. The zero-order valence-electron chi connectivity index (χ0n) is 15.6. The van der Waals surface area contributed by atoms with E-state index in [1.54, 1.807) is 0 Å². The van der Waals surface area contributed by atoms with E-state index < -0.39 is 0 Å². The van der Waals surface area contributed by atoms with Gasteiger partial charge in [-0.2, -0.15) is 0 Å². The normalized spacial score (nSPS) is 21.9. The van der Waals surface area contributed by atoms with Crippen LogP contribution < -0.4 is 10.6 Å². The van der Waals surface area contributed by atoms with E-state index in [2.05, 4.69) is 15.5 Å². The molecule has 0 radical (unpaired) electrons. The molecule has 2 heterocycles. The fourth-order valence-electron chi connectivity index (χ4n) is 4.16. The Morgan fingerprint density at radius 1 is 1.19 bits per heavy atom. The van der Waals surface area contributed by atoms with Crippen LogP contribution >= 0.6 is 0 Å². The Labute approximate surface area is 159 Å². The van der Waals surface area contributed by atoms with Gasteiger partial charge < -0.3 is 15.5 Å². The molecule has 0 saturated carbocycles. The van der Waals surface area contributed by atoms with Crippen LogP contribution in [0.3, 0.4) is 0 Å². The van der Waals surface area contributed by atoms with Crippen LogP contribution in [-0.2, 0) is 4.79 Å². The lowest BCUT2D eigenvalue weighted by Crippen LogP contribution is -2.53. The van der Waals surface area contributed by atoms with Crippen LogP contribution in [0, 0.1) is 0 Å². The molecule has 27 heavy (non-hydrogen) atoms. The van der Waals surface area contributed by atoms with Crippen molar-refractivity contribution in [2.45, 2.75) is 31.8 Å². The van der Waals surface area contributed by atoms with Gasteiger partial charge in [0.1, 0.15) is 0 Å². The summed E-state index contributed by atoms with van der Waals surface area (Å²) >= 11 is 0. The molecule has 4 rings (SSSR count). The van der Waals surface area contributed by atoms with Crippen LogP contribution in [-0.4, -0.2) is 60.0 Å². The summed E-state index contributed by atoms with van der Waals surface area (Å²) in [5, 5.41) is 8.13. The van der Waals surface area contributed by atoms with E-state index in [0.717, 1.165) is 48.9 Å². The lowest BCUT2D eigenvalue weighted by Gasteiger charge is -2.39. The highest BCUT2D eigenvalue weighted by Gasteiger charge is 2.34. The van der Waals surface area contributed by atoms with E-state index in [1.807, 2.05) is 54.3 Å². The van der Waals surface area contributed by atoms with Crippen molar-refractivity contribution < 1.29 is 9.59 Å². The second-order valence-corrected chi connectivity index (χ2v) is 7.41. The van der Waals surface area contributed by atoms with Crippen LogP contribution in [0.1, 0.15) is 19.8 Å². The number of fused-ring (bicyclic) bond motifs is 1. The molecular formula is C21H26N4O2. The van der Waals surface area contributed by atoms with Crippen LogP contribution in [0.2, 0.25) is 0 Å². The molecule has 2 fully saturated rings. The Morgan fingerprint density at radius 2 is 2.00 bits per heavy atom. The van der Waals surface area contributed by atoms with Gasteiger partial charge in [-0.15, -0.1) is 0 Å². The molecule has 142 valence electrons. The van der Waals surface area contributed by atoms with Crippen LogP contribution in [0.4, 0.5) is 10.5 Å². The number of amides is 3. The number of carbonyl (C=O) groups is 2. The number of likely N-dealkylation sites (tertiary alicyclic amines) is 1. The summed E-state index contributed by atoms with van der Waals surface area (Å²) in [5.74, 6) is -0.00197. The zero-order chi connectivity index (χ0) is 18.8. The molecule has 0 aromatic heterocycles. The monoisotopic (exact) mass is 366 g/mol. The Morgan fingerprint density at radius 3 is 2.81 bits per heavy atom. The molecule has 6 heteroatoms. The fraction of sp³-hybridized carbons (Fsp3) is 0.429. The van der Waals surface area contributed by atoms with E-state index >= 15 is 0 Å². The maximum absolute atomic E-state index is 12.9. The third kappa shape index (κ3) is 3.62. The van der Waals surface area contributed by atoms with Gasteiger partial charge in [-0.05, 0) is 37.8 Å². The first kappa shape index (κ1) is 17.8. The van der Waals surface area contributed by atoms with Gasteiger partial charge in [-0.25, -0.2) is 4.79 Å². The minimum atomic E-state index is -0.238. The highest BCUT2D eigenvalue weighted by Crippen LogP contribution is 2.24. The van der Waals surface area contributed by atoms with Gasteiger partial charge >= 0.3 is 6.03 Å². The quantitative estimate of drug-likeness (QED) is 0.874. The Kier molecular flexibility index (Phi) is 4.99. The van der Waals surface area contributed by atoms with Crippen molar-refractivity contribution >= 4 is 28.4 Å². The number of hydrogen-bond donors (Lipinski definition) is 2.